The zero-order valence-corrected chi connectivity index (χ0v) is 8.96. The van der Waals surface area contributed by atoms with Gasteiger partial charge in [-0.2, -0.15) is 0 Å². The summed E-state index contributed by atoms with van der Waals surface area (Å²) in [5, 5.41) is 11.5. The highest BCUT2D eigenvalue weighted by Crippen LogP contribution is 2.27. The van der Waals surface area contributed by atoms with Gasteiger partial charge >= 0.3 is 5.97 Å². The number of halogens is 1. The first-order chi connectivity index (χ1) is 6.54. The topological polar surface area (TPSA) is 62.5 Å². The minimum Gasteiger partial charge on any atom is -0.475 e. The van der Waals surface area contributed by atoms with Crippen LogP contribution in [0.25, 0.3) is 0 Å². The van der Waals surface area contributed by atoms with Gasteiger partial charge in [-0.3, -0.25) is 0 Å². The van der Waals surface area contributed by atoms with Crippen molar-refractivity contribution in [2.45, 2.75) is 13.0 Å². The summed E-state index contributed by atoms with van der Waals surface area (Å²) >= 11 is 3.15. The van der Waals surface area contributed by atoms with E-state index in [1.54, 1.807) is 6.92 Å². The second-order valence-corrected chi connectivity index (χ2v) is 3.48. The smallest absolute Gasteiger partial charge is 0.371 e. The molecule has 0 aliphatic heterocycles. The van der Waals surface area contributed by atoms with E-state index in [0.717, 1.165) is 0 Å². The van der Waals surface area contributed by atoms with Crippen LogP contribution >= 0.6 is 15.9 Å². The summed E-state index contributed by atoms with van der Waals surface area (Å²) in [7, 11) is 0. The molecule has 0 aliphatic carbocycles. The quantitative estimate of drug-likeness (QED) is 0.815. The number of hydrogen-bond donors (Lipinski definition) is 2. The fraction of sp³-hybridized carbons (Fsp3) is 0.222. The number of anilines is 1. The molecule has 14 heavy (non-hydrogen) atoms. The fourth-order valence-electron chi connectivity index (χ4n) is 0.811. The summed E-state index contributed by atoms with van der Waals surface area (Å²) in [4.78, 5) is 10.5. The Morgan fingerprint density at radius 2 is 2.50 bits per heavy atom. The van der Waals surface area contributed by atoms with Crippen LogP contribution in [-0.4, -0.2) is 17.1 Å². The van der Waals surface area contributed by atoms with Crippen LogP contribution in [0, 0.1) is 12.3 Å². The van der Waals surface area contributed by atoms with Gasteiger partial charge in [0.2, 0.25) is 11.6 Å². The molecule has 0 radical (unpaired) electrons. The number of carboxylic acids is 1. The van der Waals surface area contributed by atoms with E-state index in [1.807, 2.05) is 0 Å². The average Bonchev–Trinajstić information content (AvgIpc) is 2.48. The predicted octanol–water partition coefficient (Wildman–Crippen LogP) is 2.17. The van der Waals surface area contributed by atoms with E-state index < -0.39 is 5.97 Å². The van der Waals surface area contributed by atoms with Gasteiger partial charge in [-0.05, 0) is 22.9 Å². The first-order valence-corrected chi connectivity index (χ1v) is 4.59. The standard InChI is InChI=1S/C9H8BrNO3/c1-3-5(2)11-8-6(10)4-7(14-8)9(12)13/h1,4-5,11H,2H3,(H,12,13). The molecule has 4 nitrogen and oxygen atoms in total. The Hall–Kier alpha value is -1.41. The van der Waals surface area contributed by atoms with E-state index in [9.17, 15) is 4.79 Å². The molecule has 1 heterocycles. The second kappa shape index (κ2) is 4.20. The van der Waals surface area contributed by atoms with Crippen molar-refractivity contribution in [1.29, 1.82) is 0 Å². The average molecular weight is 258 g/mol. The molecule has 5 heteroatoms. The molecule has 1 aromatic rings. The number of carboxylic acid groups (broad SMARTS) is 1. The third-order valence-corrected chi connectivity index (χ3v) is 2.08. The van der Waals surface area contributed by atoms with Crippen LogP contribution in [0.3, 0.4) is 0 Å². The van der Waals surface area contributed by atoms with Gasteiger partial charge in [-0.1, -0.05) is 5.92 Å². The maximum Gasteiger partial charge on any atom is 0.371 e. The molecule has 1 atom stereocenters. The fourth-order valence-corrected chi connectivity index (χ4v) is 1.21. The van der Waals surface area contributed by atoms with Gasteiger partial charge < -0.3 is 14.8 Å². The monoisotopic (exact) mass is 257 g/mol. The van der Waals surface area contributed by atoms with Crippen molar-refractivity contribution in [3.8, 4) is 12.3 Å². The molecule has 0 fully saturated rings. The number of aromatic carboxylic acids is 1. The Bertz CT molecular complexity index is 391. The lowest BCUT2D eigenvalue weighted by molar-refractivity contribution is 0.0663. The summed E-state index contributed by atoms with van der Waals surface area (Å²) in [6.45, 7) is 1.76. The van der Waals surface area contributed by atoms with Gasteiger partial charge in [0.1, 0.15) is 0 Å². The van der Waals surface area contributed by atoms with Crippen LogP contribution in [-0.2, 0) is 0 Å². The van der Waals surface area contributed by atoms with Gasteiger partial charge in [0, 0.05) is 6.07 Å². The van der Waals surface area contributed by atoms with E-state index in [2.05, 4.69) is 27.2 Å². The van der Waals surface area contributed by atoms with Gasteiger partial charge in [-0.25, -0.2) is 4.79 Å². The number of furan rings is 1. The van der Waals surface area contributed by atoms with Crippen molar-refractivity contribution >= 4 is 27.8 Å². The Morgan fingerprint density at radius 3 is 2.93 bits per heavy atom. The van der Waals surface area contributed by atoms with Crippen LogP contribution in [0.5, 0.6) is 0 Å². The maximum absolute atomic E-state index is 10.5. The normalized spacial score (nSPS) is 11.8. The molecule has 2 N–H and O–H groups in total. The zero-order valence-electron chi connectivity index (χ0n) is 7.37. The highest BCUT2D eigenvalue weighted by molar-refractivity contribution is 9.10. The van der Waals surface area contributed by atoms with Gasteiger partial charge in [-0.15, -0.1) is 6.42 Å². The molecular weight excluding hydrogens is 250 g/mol. The molecular formula is C9H8BrNO3. The molecule has 0 aromatic carbocycles. The first kappa shape index (κ1) is 10.7. The minimum absolute atomic E-state index is 0.136. The van der Waals surface area contributed by atoms with Crippen molar-refractivity contribution in [3.63, 3.8) is 0 Å². The van der Waals surface area contributed by atoms with Crippen LogP contribution in [0.2, 0.25) is 0 Å². The second-order valence-electron chi connectivity index (χ2n) is 2.63. The van der Waals surface area contributed by atoms with Gasteiger partial charge in [0.05, 0.1) is 10.5 Å². The van der Waals surface area contributed by atoms with E-state index >= 15 is 0 Å². The predicted molar refractivity (Wildman–Crippen MR) is 55.3 cm³/mol. The lowest BCUT2D eigenvalue weighted by atomic mass is 10.3. The maximum atomic E-state index is 10.5. The highest BCUT2D eigenvalue weighted by Gasteiger charge is 2.14. The molecule has 0 amide bonds. The lowest BCUT2D eigenvalue weighted by Crippen LogP contribution is -2.11. The summed E-state index contributed by atoms with van der Waals surface area (Å²) in [5.74, 6) is 1.51. The Balaban J connectivity index is 2.89. The number of carbonyl (C=O) groups is 1. The van der Waals surface area contributed by atoms with Gasteiger partial charge in [0.15, 0.2) is 0 Å². The Kier molecular flexibility index (Phi) is 3.20. The van der Waals surface area contributed by atoms with Crippen LogP contribution in [0.15, 0.2) is 15.0 Å². The SMILES string of the molecule is C#CC(C)Nc1oc(C(=O)O)cc1Br. The van der Waals surface area contributed by atoms with Gasteiger partial charge in [0.25, 0.3) is 0 Å². The third kappa shape index (κ3) is 2.30. The van der Waals surface area contributed by atoms with Crippen LogP contribution < -0.4 is 5.32 Å². The first-order valence-electron chi connectivity index (χ1n) is 3.80. The molecule has 0 spiro atoms. The highest BCUT2D eigenvalue weighted by atomic mass is 79.9. The summed E-state index contributed by atoms with van der Waals surface area (Å²) in [6.07, 6.45) is 5.15. The van der Waals surface area contributed by atoms with Crippen molar-refractivity contribution in [2.75, 3.05) is 5.32 Å². The largest absolute Gasteiger partial charge is 0.475 e. The Morgan fingerprint density at radius 1 is 1.86 bits per heavy atom. The van der Waals surface area contributed by atoms with E-state index in [-0.39, 0.29) is 11.8 Å². The molecule has 0 bridgehead atoms. The van der Waals surface area contributed by atoms with Crippen LogP contribution in [0.1, 0.15) is 17.5 Å². The molecule has 1 unspecified atom stereocenters. The number of nitrogens with one attached hydrogen (secondary N) is 1. The third-order valence-electron chi connectivity index (χ3n) is 1.50. The summed E-state index contributed by atoms with van der Waals surface area (Å²) < 4.78 is 5.53. The molecule has 0 saturated heterocycles. The van der Waals surface area contributed by atoms with E-state index in [0.29, 0.717) is 10.4 Å². The van der Waals surface area contributed by atoms with E-state index in [4.69, 9.17) is 15.9 Å². The zero-order chi connectivity index (χ0) is 10.7. The molecule has 1 rings (SSSR count). The number of terminal acetylenes is 1. The number of hydrogen-bond acceptors (Lipinski definition) is 3. The van der Waals surface area contributed by atoms with Crippen LogP contribution in [0.4, 0.5) is 5.88 Å². The van der Waals surface area contributed by atoms with Crippen molar-refractivity contribution in [2.24, 2.45) is 0 Å². The van der Waals surface area contributed by atoms with Crippen molar-refractivity contribution in [1.82, 2.24) is 0 Å². The van der Waals surface area contributed by atoms with Crippen molar-refractivity contribution in [3.05, 3.63) is 16.3 Å². The number of rotatable bonds is 3. The molecule has 0 saturated carbocycles. The molecule has 1 aromatic heterocycles. The minimum atomic E-state index is -1.12. The van der Waals surface area contributed by atoms with Crippen molar-refractivity contribution < 1.29 is 14.3 Å². The summed E-state index contributed by atoms with van der Waals surface area (Å²) in [6, 6.07) is 1.15. The molecule has 0 aliphatic rings. The lowest BCUT2D eigenvalue weighted by Gasteiger charge is -2.05. The Labute approximate surface area is 89.4 Å². The van der Waals surface area contributed by atoms with E-state index in [1.165, 1.54) is 6.07 Å². The molecule has 74 valence electrons. The summed E-state index contributed by atoms with van der Waals surface area (Å²) in [5.41, 5.74) is 0.